The van der Waals surface area contributed by atoms with Crippen LogP contribution in [0.3, 0.4) is 0 Å². The van der Waals surface area contributed by atoms with Crippen LogP contribution >= 0.6 is 27.5 Å². The molecular formula is C14H14BrClN2O2S. The summed E-state index contributed by atoms with van der Waals surface area (Å²) < 4.78 is 28.2. The molecule has 112 valence electrons. The lowest BCUT2D eigenvalue weighted by atomic mass is 10.2. The van der Waals surface area contributed by atoms with E-state index < -0.39 is 10.0 Å². The van der Waals surface area contributed by atoms with E-state index in [9.17, 15) is 8.42 Å². The average Bonchev–Trinajstić information content (AvgIpc) is 2.35. The van der Waals surface area contributed by atoms with Gasteiger partial charge in [-0.2, -0.15) is 0 Å². The second kappa shape index (κ2) is 5.87. The summed E-state index contributed by atoms with van der Waals surface area (Å²) >= 11 is 9.37. The number of nitrogens with two attached hydrogens (primary N) is 1. The van der Waals surface area contributed by atoms with Gasteiger partial charge in [-0.1, -0.05) is 23.7 Å². The van der Waals surface area contributed by atoms with E-state index in [4.69, 9.17) is 17.3 Å². The summed E-state index contributed by atoms with van der Waals surface area (Å²) in [5.41, 5.74) is 7.80. The maximum Gasteiger partial charge on any atom is 0.264 e. The lowest BCUT2D eigenvalue weighted by molar-refractivity contribution is 0.601. The maximum absolute atomic E-state index is 12.5. The molecule has 0 aliphatic heterocycles. The van der Waals surface area contributed by atoms with Gasteiger partial charge >= 0.3 is 0 Å². The van der Waals surface area contributed by atoms with Gasteiger partial charge in [0.05, 0.1) is 11.4 Å². The van der Waals surface area contributed by atoms with Gasteiger partial charge in [-0.05, 0) is 59.1 Å². The topological polar surface area (TPSA) is 72.2 Å². The van der Waals surface area contributed by atoms with Crippen molar-refractivity contribution in [3.05, 3.63) is 51.0 Å². The van der Waals surface area contributed by atoms with E-state index in [2.05, 4.69) is 20.7 Å². The Morgan fingerprint density at radius 2 is 1.86 bits per heavy atom. The van der Waals surface area contributed by atoms with Crippen LogP contribution in [0.4, 0.5) is 11.4 Å². The van der Waals surface area contributed by atoms with E-state index in [-0.39, 0.29) is 10.6 Å². The Labute approximate surface area is 137 Å². The van der Waals surface area contributed by atoms with Gasteiger partial charge in [-0.25, -0.2) is 8.42 Å². The van der Waals surface area contributed by atoms with Crippen LogP contribution < -0.4 is 10.5 Å². The van der Waals surface area contributed by atoms with Crippen LogP contribution in [0.15, 0.2) is 39.7 Å². The minimum absolute atomic E-state index is 0.0774. The maximum atomic E-state index is 12.5. The van der Waals surface area contributed by atoms with Crippen molar-refractivity contribution in [2.24, 2.45) is 0 Å². The first kappa shape index (κ1) is 16.1. The molecular weight excluding hydrogens is 376 g/mol. The third kappa shape index (κ3) is 3.33. The SMILES string of the molecule is Cc1cc(Br)c(NS(=O)(=O)c2c(C)cccc2N)cc1Cl. The number of hydrogen-bond acceptors (Lipinski definition) is 3. The predicted molar refractivity (Wildman–Crippen MR) is 90.3 cm³/mol. The molecule has 0 radical (unpaired) electrons. The molecule has 4 nitrogen and oxygen atoms in total. The molecule has 0 aromatic heterocycles. The normalized spacial score (nSPS) is 11.4. The number of nitrogens with one attached hydrogen (secondary N) is 1. The quantitative estimate of drug-likeness (QED) is 0.776. The molecule has 0 aliphatic rings. The van der Waals surface area contributed by atoms with Gasteiger partial charge < -0.3 is 5.73 Å². The number of benzene rings is 2. The Morgan fingerprint density at radius 1 is 1.19 bits per heavy atom. The van der Waals surface area contributed by atoms with E-state index in [1.54, 1.807) is 37.3 Å². The van der Waals surface area contributed by atoms with Crippen molar-refractivity contribution in [3.8, 4) is 0 Å². The highest BCUT2D eigenvalue weighted by Gasteiger charge is 2.21. The smallest absolute Gasteiger partial charge is 0.264 e. The number of rotatable bonds is 3. The number of anilines is 2. The van der Waals surface area contributed by atoms with Gasteiger partial charge in [-0.15, -0.1) is 0 Å². The molecule has 0 heterocycles. The van der Waals surface area contributed by atoms with E-state index in [0.29, 0.717) is 20.7 Å². The zero-order valence-electron chi connectivity index (χ0n) is 11.4. The summed E-state index contributed by atoms with van der Waals surface area (Å²) in [6.45, 7) is 3.53. The first-order valence-corrected chi connectivity index (χ1v) is 8.71. The summed E-state index contributed by atoms with van der Waals surface area (Å²) in [4.78, 5) is 0.0774. The minimum atomic E-state index is -3.79. The molecule has 7 heteroatoms. The van der Waals surface area contributed by atoms with Gasteiger partial charge in [0.25, 0.3) is 10.0 Å². The second-order valence-corrected chi connectivity index (χ2v) is 7.56. The summed E-state index contributed by atoms with van der Waals surface area (Å²) in [6, 6.07) is 8.28. The van der Waals surface area contributed by atoms with Crippen molar-refractivity contribution in [1.82, 2.24) is 0 Å². The summed E-state index contributed by atoms with van der Waals surface area (Å²) in [5.74, 6) is 0. The number of aryl methyl sites for hydroxylation is 2. The number of halogens is 2. The Morgan fingerprint density at radius 3 is 2.48 bits per heavy atom. The standard InChI is InChI=1S/C14H14BrClN2O2S/c1-8-4-3-5-12(17)14(8)21(19,20)18-13-7-11(16)9(2)6-10(13)15/h3-7,18H,17H2,1-2H3. The van der Waals surface area contributed by atoms with E-state index in [1.165, 1.54) is 0 Å². The summed E-state index contributed by atoms with van der Waals surface area (Å²) in [6.07, 6.45) is 0. The second-order valence-electron chi connectivity index (χ2n) is 4.68. The van der Waals surface area contributed by atoms with Crippen molar-refractivity contribution in [2.45, 2.75) is 18.7 Å². The number of hydrogen-bond donors (Lipinski definition) is 2. The lowest BCUT2D eigenvalue weighted by Gasteiger charge is -2.14. The van der Waals surface area contributed by atoms with Gasteiger partial charge in [0.1, 0.15) is 4.90 Å². The van der Waals surface area contributed by atoms with Crippen LogP contribution in [0.1, 0.15) is 11.1 Å². The minimum Gasteiger partial charge on any atom is -0.398 e. The molecule has 2 aromatic carbocycles. The van der Waals surface area contributed by atoms with Gasteiger partial charge in [-0.3, -0.25) is 4.72 Å². The highest BCUT2D eigenvalue weighted by molar-refractivity contribution is 9.10. The summed E-state index contributed by atoms with van der Waals surface area (Å²) in [5, 5.41) is 0.480. The molecule has 2 aromatic rings. The lowest BCUT2D eigenvalue weighted by Crippen LogP contribution is -2.16. The molecule has 0 saturated carbocycles. The van der Waals surface area contributed by atoms with Crippen LogP contribution in [0, 0.1) is 13.8 Å². The highest BCUT2D eigenvalue weighted by Crippen LogP contribution is 2.32. The van der Waals surface area contributed by atoms with Gasteiger partial charge in [0.2, 0.25) is 0 Å². The zero-order chi connectivity index (χ0) is 15.8. The van der Waals surface area contributed by atoms with Crippen LogP contribution in [0.5, 0.6) is 0 Å². The molecule has 0 fully saturated rings. The zero-order valence-corrected chi connectivity index (χ0v) is 14.6. The van der Waals surface area contributed by atoms with Crippen molar-refractivity contribution in [1.29, 1.82) is 0 Å². The van der Waals surface area contributed by atoms with Crippen molar-refractivity contribution in [2.75, 3.05) is 10.5 Å². The van der Waals surface area contributed by atoms with Crippen molar-refractivity contribution < 1.29 is 8.42 Å². The molecule has 0 amide bonds. The molecule has 0 bridgehead atoms. The Kier molecular flexibility index (Phi) is 4.51. The molecule has 0 aliphatic carbocycles. The number of sulfonamides is 1. The first-order chi connectivity index (χ1) is 9.72. The molecule has 0 atom stereocenters. The predicted octanol–water partition coefficient (Wildman–Crippen LogP) is 4.10. The molecule has 0 spiro atoms. The number of nitrogen functional groups attached to an aromatic ring is 1. The van der Waals surface area contributed by atoms with E-state index in [1.807, 2.05) is 6.92 Å². The van der Waals surface area contributed by atoms with E-state index in [0.717, 1.165) is 5.56 Å². The van der Waals surface area contributed by atoms with Crippen molar-refractivity contribution in [3.63, 3.8) is 0 Å². The van der Waals surface area contributed by atoms with Gasteiger partial charge in [0, 0.05) is 9.50 Å². The third-order valence-corrected chi connectivity index (χ3v) is 5.65. The van der Waals surface area contributed by atoms with Crippen molar-refractivity contribution >= 4 is 48.9 Å². The van der Waals surface area contributed by atoms with Gasteiger partial charge in [0.15, 0.2) is 0 Å². The van der Waals surface area contributed by atoms with Crippen LogP contribution in [0.25, 0.3) is 0 Å². The average molecular weight is 390 g/mol. The molecule has 3 N–H and O–H groups in total. The molecule has 2 rings (SSSR count). The molecule has 21 heavy (non-hydrogen) atoms. The Hall–Kier alpha value is -1.24. The fourth-order valence-electron chi connectivity index (χ4n) is 1.96. The largest absolute Gasteiger partial charge is 0.398 e. The highest BCUT2D eigenvalue weighted by atomic mass is 79.9. The first-order valence-electron chi connectivity index (χ1n) is 6.06. The Balaban J connectivity index is 2.50. The third-order valence-electron chi connectivity index (χ3n) is 3.00. The fourth-order valence-corrected chi connectivity index (χ4v) is 4.25. The van der Waals surface area contributed by atoms with E-state index >= 15 is 0 Å². The fraction of sp³-hybridized carbons (Fsp3) is 0.143. The molecule has 0 unspecified atom stereocenters. The van der Waals surface area contributed by atoms with Crippen LogP contribution in [-0.2, 0) is 10.0 Å². The summed E-state index contributed by atoms with van der Waals surface area (Å²) in [7, 11) is -3.79. The van der Waals surface area contributed by atoms with Crippen LogP contribution in [0.2, 0.25) is 5.02 Å². The monoisotopic (exact) mass is 388 g/mol. The molecule has 0 saturated heterocycles. The van der Waals surface area contributed by atoms with Crippen LogP contribution in [-0.4, -0.2) is 8.42 Å². The Bertz CT molecular complexity index is 787.